The average Bonchev–Trinajstić information content (AvgIpc) is 2.77. The van der Waals surface area contributed by atoms with Crippen molar-refractivity contribution in [3.63, 3.8) is 0 Å². The van der Waals surface area contributed by atoms with Gasteiger partial charge in [-0.1, -0.05) is 46.9 Å². The van der Waals surface area contributed by atoms with E-state index < -0.39 is 5.56 Å². The van der Waals surface area contributed by atoms with E-state index in [9.17, 15) is 9.59 Å². The van der Waals surface area contributed by atoms with Crippen molar-refractivity contribution in [3.05, 3.63) is 79.6 Å². The Morgan fingerprint density at radius 2 is 1.74 bits per heavy atom. The van der Waals surface area contributed by atoms with Gasteiger partial charge >= 0.3 is 0 Å². The zero-order valence-corrected chi connectivity index (χ0v) is 18.5. The predicted octanol–water partition coefficient (Wildman–Crippen LogP) is 3.74. The number of hydrogen-bond acceptors (Lipinski definition) is 5. The summed E-state index contributed by atoms with van der Waals surface area (Å²) in [5.74, 6) is 0.0356. The molecule has 2 heterocycles. The molecule has 3 aromatic rings. The molecule has 0 bridgehead atoms. The lowest BCUT2D eigenvalue weighted by atomic mass is 10.1. The predicted molar refractivity (Wildman–Crippen MR) is 124 cm³/mol. The van der Waals surface area contributed by atoms with Crippen molar-refractivity contribution < 1.29 is 4.79 Å². The molecule has 0 unspecified atom stereocenters. The average molecular weight is 479 g/mol. The fourth-order valence-corrected chi connectivity index (χ4v) is 3.75. The molecule has 2 N–H and O–H groups in total. The van der Waals surface area contributed by atoms with Gasteiger partial charge in [-0.05, 0) is 35.9 Å². The Morgan fingerprint density at radius 1 is 1.00 bits per heavy atom. The van der Waals surface area contributed by atoms with E-state index in [1.807, 2.05) is 29.2 Å². The minimum atomic E-state index is -0.516. The first-order valence-corrected chi connectivity index (χ1v) is 10.6. The van der Waals surface area contributed by atoms with E-state index in [4.69, 9.17) is 34.8 Å². The number of carbonyl (C=O) groups excluding carboxylic acids is 1. The molecular formula is C21H18Cl3N5O2. The quantitative estimate of drug-likeness (QED) is 0.584. The van der Waals surface area contributed by atoms with E-state index in [0.29, 0.717) is 30.3 Å². The fourth-order valence-electron chi connectivity index (χ4n) is 3.26. The largest absolute Gasteiger partial charge is 0.380 e. The van der Waals surface area contributed by atoms with Crippen LogP contribution in [0.4, 0.5) is 11.4 Å². The normalized spacial score (nSPS) is 13.8. The van der Waals surface area contributed by atoms with Crippen LogP contribution in [0.2, 0.25) is 15.1 Å². The number of amides is 1. The molecule has 1 fully saturated rings. The molecule has 0 saturated carbocycles. The minimum Gasteiger partial charge on any atom is -0.380 e. The monoisotopic (exact) mass is 477 g/mol. The molecule has 4 rings (SSSR count). The highest BCUT2D eigenvalue weighted by molar-refractivity contribution is 6.41. The summed E-state index contributed by atoms with van der Waals surface area (Å²) in [5, 5.41) is 10.6. The van der Waals surface area contributed by atoms with E-state index in [-0.39, 0.29) is 16.0 Å². The zero-order chi connectivity index (χ0) is 22.0. The van der Waals surface area contributed by atoms with Crippen LogP contribution in [-0.2, 0) is 11.3 Å². The second-order valence-electron chi connectivity index (χ2n) is 6.98. The van der Waals surface area contributed by atoms with E-state index in [1.54, 1.807) is 18.2 Å². The van der Waals surface area contributed by atoms with Crippen LogP contribution in [-0.4, -0.2) is 35.3 Å². The number of hydrogen-bond donors (Lipinski definition) is 2. The third-order valence-electron chi connectivity index (χ3n) is 4.90. The summed E-state index contributed by atoms with van der Waals surface area (Å²) in [6.07, 6.45) is 1.31. The molecule has 160 valence electrons. The number of anilines is 2. The van der Waals surface area contributed by atoms with Crippen LogP contribution < -0.4 is 21.1 Å². The number of carbonyl (C=O) groups is 1. The van der Waals surface area contributed by atoms with Crippen molar-refractivity contribution in [2.24, 2.45) is 0 Å². The maximum atomic E-state index is 12.3. The number of nitrogens with zero attached hydrogens (tertiary/aromatic N) is 3. The third-order valence-corrected chi connectivity index (χ3v) is 5.96. The van der Waals surface area contributed by atoms with Gasteiger partial charge in [-0.2, -0.15) is 9.78 Å². The van der Waals surface area contributed by atoms with Crippen molar-refractivity contribution >= 4 is 52.1 Å². The Hall–Kier alpha value is -2.74. The molecule has 0 atom stereocenters. The molecule has 1 aliphatic heterocycles. The second kappa shape index (κ2) is 9.18. The molecule has 31 heavy (non-hydrogen) atoms. The molecule has 7 nitrogen and oxygen atoms in total. The van der Waals surface area contributed by atoms with Crippen molar-refractivity contribution in [1.82, 2.24) is 15.1 Å². The van der Waals surface area contributed by atoms with Gasteiger partial charge in [-0.25, -0.2) is 0 Å². The molecule has 0 spiro atoms. The highest BCUT2D eigenvalue weighted by Gasteiger charge is 2.16. The van der Waals surface area contributed by atoms with E-state index in [2.05, 4.69) is 15.7 Å². The Labute approximate surface area is 193 Å². The first-order chi connectivity index (χ1) is 14.9. The Kier molecular flexibility index (Phi) is 6.36. The number of benzene rings is 2. The lowest BCUT2D eigenvalue weighted by molar-refractivity contribution is -0.120. The van der Waals surface area contributed by atoms with Gasteiger partial charge in [0.1, 0.15) is 5.02 Å². The van der Waals surface area contributed by atoms with Gasteiger partial charge in [0.2, 0.25) is 5.91 Å². The number of halogens is 3. The molecule has 0 radical (unpaired) electrons. The number of aromatic nitrogens is 2. The van der Waals surface area contributed by atoms with Gasteiger partial charge in [0.25, 0.3) is 5.56 Å². The summed E-state index contributed by atoms with van der Waals surface area (Å²) in [4.78, 5) is 25.9. The number of rotatable bonds is 5. The summed E-state index contributed by atoms with van der Waals surface area (Å²) in [7, 11) is 0. The highest BCUT2D eigenvalue weighted by atomic mass is 35.5. The van der Waals surface area contributed by atoms with Crippen molar-refractivity contribution in [2.45, 2.75) is 6.54 Å². The molecule has 1 aliphatic rings. The number of nitrogens with one attached hydrogen (secondary N) is 2. The Morgan fingerprint density at radius 3 is 2.45 bits per heavy atom. The third kappa shape index (κ3) is 4.79. The minimum absolute atomic E-state index is 0.0356. The smallest absolute Gasteiger partial charge is 0.291 e. The molecular weight excluding hydrogens is 461 g/mol. The first kappa shape index (κ1) is 21.5. The maximum Gasteiger partial charge on any atom is 0.291 e. The standard InChI is InChI=1S/C21H18Cl3N5O2/c22-16-9-15(29-21(31)20(24)17(23)11-27-29)5-6-18(16)26-10-13-1-3-14(4-2-13)28-8-7-25-19(30)12-28/h1-6,9,11,26H,7-8,10,12H2,(H,25,30). The van der Waals surface area contributed by atoms with Crippen LogP contribution in [0.1, 0.15) is 5.56 Å². The van der Waals surface area contributed by atoms with Crippen LogP contribution >= 0.6 is 34.8 Å². The van der Waals surface area contributed by atoms with E-state index in [0.717, 1.165) is 28.2 Å². The van der Waals surface area contributed by atoms with Crippen LogP contribution in [0.3, 0.4) is 0 Å². The van der Waals surface area contributed by atoms with Crippen LogP contribution in [0.25, 0.3) is 5.69 Å². The molecule has 2 aromatic carbocycles. The summed E-state index contributed by atoms with van der Waals surface area (Å²) in [6.45, 7) is 2.38. The van der Waals surface area contributed by atoms with Gasteiger partial charge in [0, 0.05) is 25.3 Å². The van der Waals surface area contributed by atoms with Gasteiger partial charge in [0.15, 0.2) is 0 Å². The second-order valence-corrected chi connectivity index (χ2v) is 8.17. The zero-order valence-electron chi connectivity index (χ0n) is 16.2. The van der Waals surface area contributed by atoms with Gasteiger partial charge in [-0.3, -0.25) is 9.59 Å². The van der Waals surface area contributed by atoms with Crippen LogP contribution in [0.15, 0.2) is 53.5 Å². The molecule has 1 saturated heterocycles. The van der Waals surface area contributed by atoms with Crippen molar-refractivity contribution in [3.8, 4) is 5.69 Å². The lowest BCUT2D eigenvalue weighted by Crippen LogP contribution is -2.47. The summed E-state index contributed by atoms with van der Waals surface area (Å²) < 4.78 is 1.14. The van der Waals surface area contributed by atoms with Crippen molar-refractivity contribution in [2.75, 3.05) is 29.9 Å². The maximum absolute atomic E-state index is 12.3. The van der Waals surface area contributed by atoms with Gasteiger partial charge in [-0.15, -0.1) is 0 Å². The van der Waals surface area contributed by atoms with Gasteiger partial charge < -0.3 is 15.5 Å². The van der Waals surface area contributed by atoms with Crippen molar-refractivity contribution in [1.29, 1.82) is 0 Å². The van der Waals surface area contributed by atoms with E-state index >= 15 is 0 Å². The molecule has 1 amide bonds. The molecule has 0 aliphatic carbocycles. The first-order valence-electron chi connectivity index (χ1n) is 9.50. The SMILES string of the molecule is O=C1CN(c2ccc(CNc3ccc(-n4ncc(Cl)c(Cl)c4=O)cc3Cl)cc2)CCN1. The highest BCUT2D eigenvalue weighted by Crippen LogP contribution is 2.26. The lowest BCUT2D eigenvalue weighted by Gasteiger charge is -2.28. The number of piperazine rings is 1. The Balaban J connectivity index is 1.44. The van der Waals surface area contributed by atoms with Crippen LogP contribution in [0, 0.1) is 0 Å². The summed E-state index contributed by atoms with van der Waals surface area (Å²) in [6, 6.07) is 13.2. The molecule has 10 heteroatoms. The van der Waals surface area contributed by atoms with Gasteiger partial charge in [0.05, 0.1) is 34.2 Å². The summed E-state index contributed by atoms with van der Waals surface area (Å²) in [5.41, 5.74) is 2.76. The Bertz CT molecular complexity index is 1180. The topological polar surface area (TPSA) is 79.3 Å². The fraction of sp³-hybridized carbons (Fsp3) is 0.190. The summed E-state index contributed by atoms with van der Waals surface area (Å²) >= 11 is 18.1. The van der Waals surface area contributed by atoms with E-state index in [1.165, 1.54) is 6.20 Å². The van der Waals surface area contributed by atoms with Crippen LogP contribution in [0.5, 0.6) is 0 Å². The molecule has 1 aromatic heterocycles.